The molecule has 3 aromatic rings. The maximum Gasteiger partial charge on any atom is 0.336 e. The summed E-state index contributed by atoms with van der Waals surface area (Å²) in [7, 11) is 1.37. The van der Waals surface area contributed by atoms with Gasteiger partial charge in [0.2, 0.25) is 0 Å². The molecule has 6 nitrogen and oxygen atoms in total. The maximum atomic E-state index is 13.1. The van der Waals surface area contributed by atoms with Crippen molar-refractivity contribution in [2.45, 2.75) is 32.7 Å². The molecule has 0 saturated heterocycles. The molecule has 2 heterocycles. The second kappa shape index (κ2) is 8.89. The first-order chi connectivity index (χ1) is 14.9. The maximum absolute atomic E-state index is 13.1. The molecule has 7 heteroatoms. The highest BCUT2D eigenvalue weighted by atomic mass is 19.1. The zero-order chi connectivity index (χ0) is 22.0. The number of aryl methyl sites for hydroxylation is 2. The monoisotopic (exact) mass is 425 g/mol. The molecule has 0 fully saturated rings. The molecule has 0 amide bonds. The van der Waals surface area contributed by atoms with Crippen LogP contribution in [0.4, 0.5) is 4.39 Å². The van der Waals surface area contributed by atoms with E-state index in [1.54, 1.807) is 12.1 Å². The summed E-state index contributed by atoms with van der Waals surface area (Å²) in [5.41, 5.74) is 3.67. The number of rotatable bonds is 6. The van der Waals surface area contributed by atoms with Gasteiger partial charge in [-0.1, -0.05) is 12.1 Å². The first-order valence-electron chi connectivity index (χ1n) is 10.2. The van der Waals surface area contributed by atoms with Crippen molar-refractivity contribution in [2.24, 2.45) is 0 Å². The Morgan fingerprint density at radius 2 is 1.97 bits per heavy atom. The number of hydrogen-bond acceptors (Lipinski definition) is 6. The largest absolute Gasteiger partial charge is 0.477 e. The summed E-state index contributed by atoms with van der Waals surface area (Å²) in [6, 6.07) is 9.86. The lowest BCUT2D eigenvalue weighted by Crippen LogP contribution is -2.34. The minimum atomic E-state index is -0.405. The first-order valence-corrected chi connectivity index (χ1v) is 10.2. The van der Waals surface area contributed by atoms with Crippen molar-refractivity contribution < 1.29 is 23.1 Å². The van der Waals surface area contributed by atoms with Crippen molar-refractivity contribution in [1.82, 2.24) is 4.90 Å². The van der Waals surface area contributed by atoms with Gasteiger partial charge >= 0.3 is 11.6 Å². The zero-order valence-electron chi connectivity index (χ0n) is 17.6. The third-order valence-corrected chi connectivity index (χ3v) is 5.59. The van der Waals surface area contributed by atoms with Crippen molar-refractivity contribution in [3.63, 3.8) is 0 Å². The fourth-order valence-corrected chi connectivity index (χ4v) is 3.91. The predicted molar refractivity (Wildman–Crippen MR) is 114 cm³/mol. The molecule has 2 aromatic carbocycles. The van der Waals surface area contributed by atoms with E-state index in [2.05, 4.69) is 4.90 Å². The molecule has 4 rings (SSSR count). The number of esters is 1. The van der Waals surface area contributed by atoms with E-state index in [1.807, 2.05) is 13.0 Å². The molecular formula is C24H24FNO5. The van der Waals surface area contributed by atoms with Crippen LogP contribution in [0.1, 0.15) is 28.7 Å². The van der Waals surface area contributed by atoms with E-state index in [1.165, 1.54) is 25.3 Å². The van der Waals surface area contributed by atoms with Crippen molar-refractivity contribution in [1.29, 1.82) is 0 Å². The van der Waals surface area contributed by atoms with Crippen molar-refractivity contribution in [3.05, 3.63) is 74.9 Å². The van der Waals surface area contributed by atoms with Crippen LogP contribution in [0.3, 0.4) is 0 Å². The Hall–Kier alpha value is -3.19. The highest BCUT2D eigenvalue weighted by Gasteiger charge is 2.25. The minimum Gasteiger partial charge on any atom is -0.477 e. The van der Waals surface area contributed by atoms with Gasteiger partial charge in [-0.15, -0.1) is 0 Å². The molecule has 0 N–H and O–H groups in total. The van der Waals surface area contributed by atoms with Crippen molar-refractivity contribution in [2.75, 3.05) is 20.4 Å². The van der Waals surface area contributed by atoms with E-state index < -0.39 is 5.63 Å². The molecule has 162 valence electrons. The van der Waals surface area contributed by atoms with Gasteiger partial charge in [-0.25, -0.2) is 9.18 Å². The van der Waals surface area contributed by atoms with Gasteiger partial charge in [-0.2, -0.15) is 0 Å². The summed E-state index contributed by atoms with van der Waals surface area (Å²) in [6.07, 6.45) is 1.45. The molecule has 1 aliphatic rings. The van der Waals surface area contributed by atoms with Gasteiger partial charge in [0, 0.05) is 31.0 Å². The average Bonchev–Trinajstić information content (AvgIpc) is 2.77. The van der Waals surface area contributed by atoms with Crippen molar-refractivity contribution >= 4 is 16.9 Å². The lowest BCUT2D eigenvalue weighted by atomic mass is 9.97. The quantitative estimate of drug-likeness (QED) is 0.443. The highest BCUT2D eigenvalue weighted by molar-refractivity contribution is 5.86. The van der Waals surface area contributed by atoms with Crippen LogP contribution in [0.15, 0.2) is 45.6 Å². The molecule has 1 aliphatic heterocycles. The Morgan fingerprint density at radius 3 is 2.71 bits per heavy atom. The van der Waals surface area contributed by atoms with Crippen LogP contribution in [0.2, 0.25) is 0 Å². The van der Waals surface area contributed by atoms with Crippen molar-refractivity contribution in [3.8, 4) is 5.75 Å². The van der Waals surface area contributed by atoms with E-state index in [0.29, 0.717) is 37.6 Å². The number of carbonyl (C=O) groups excluding carboxylic acids is 1. The Labute approximate surface area is 179 Å². The second-order valence-electron chi connectivity index (χ2n) is 7.75. The average molecular weight is 425 g/mol. The van der Waals surface area contributed by atoms with E-state index in [0.717, 1.165) is 34.1 Å². The molecule has 0 aliphatic carbocycles. The van der Waals surface area contributed by atoms with Gasteiger partial charge in [0.1, 0.15) is 23.9 Å². The number of ether oxygens (including phenoxy) is 2. The number of benzene rings is 2. The molecule has 1 aromatic heterocycles. The molecule has 31 heavy (non-hydrogen) atoms. The van der Waals surface area contributed by atoms with E-state index in [4.69, 9.17) is 13.9 Å². The fourth-order valence-electron chi connectivity index (χ4n) is 3.91. The summed E-state index contributed by atoms with van der Waals surface area (Å²) in [6.45, 7) is 3.49. The minimum absolute atomic E-state index is 0.238. The summed E-state index contributed by atoms with van der Waals surface area (Å²) in [4.78, 5) is 25.8. The van der Waals surface area contributed by atoms with Crippen LogP contribution in [0.5, 0.6) is 5.75 Å². The topological polar surface area (TPSA) is 69.0 Å². The van der Waals surface area contributed by atoms with Crippen LogP contribution in [0.25, 0.3) is 11.0 Å². The molecule has 0 radical (unpaired) electrons. The molecule has 0 atom stereocenters. The lowest BCUT2D eigenvalue weighted by molar-refractivity contribution is -0.140. The van der Waals surface area contributed by atoms with Gasteiger partial charge in [-0.3, -0.25) is 9.69 Å². The second-order valence-corrected chi connectivity index (χ2v) is 7.75. The standard InChI is InChI=1S/C24H24FNO5/c1-15-11-22(28)31-24-19(15)12-17(5-8-21(27)29-2)23-20(24)13-26(14-30-23)10-9-16-3-6-18(25)7-4-16/h3-4,6-7,11-12H,5,8-10,13-14H2,1-2H3. The van der Waals surface area contributed by atoms with Gasteiger partial charge in [0.25, 0.3) is 0 Å². The third kappa shape index (κ3) is 4.61. The van der Waals surface area contributed by atoms with Gasteiger partial charge in [0.05, 0.1) is 12.7 Å². The van der Waals surface area contributed by atoms with Crippen LogP contribution in [0, 0.1) is 12.7 Å². The summed E-state index contributed by atoms with van der Waals surface area (Å²) >= 11 is 0. The number of fused-ring (bicyclic) bond motifs is 3. The number of methoxy groups -OCH3 is 1. The Kier molecular flexibility index (Phi) is 6.04. The smallest absolute Gasteiger partial charge is 0.336 e. The Balaban J connectivity index is 1.64. The van der Waals surface area contributed by atoms with Crippen LogP contribution in [-0.4, -0.2) is 31.3 Å². The summed E-state index contributed by atoms with van der Waals surface area (Å²) < 4.78 is 29.6. The Bertz CT molecular complexity index is 1170. The molecule has 0 unspecified atom stereocenters. The van der Waals surface area contributed by atoms with Crippen LogP contribution >= 0.6 is 0 Å². The normalized spacial score (nSPS) is 13.6. The van der Waals surface area contributed by atoms with Gasteiger partial charge in [0.15, 0.2) is 0 Å². The zero-order valence-corrected chi connectivity index (χ0v) is 17.6. The van der Waals surface area contributed by atoms with Gasteiger partial charge < -0.3 is 13.9 Å². The third-order valence-electron chi connectivity index (χ3n) is 5.59. The molecule has 0 bridgehead atoms. The summed E-state index contributed by atoms with van der Waals surface area (Å²) in [5, 5.41) is 0.835. The SMILES string of the molecule is COC(=O)CCc1cc2c(C)cc(=O)oc2c2c1OCN(CCc1ccc(F)cc1)C2. The molecule has 0 saturated carbocycles. The fraction of sp³-hybridized carbons (Fsp3) is 0.333. The number of halogens is 1. The van der Waals surface area contributed by atoms with Crippen LogP contribution < -0.4 is 10.4 Å². The van der Waals surface area contributed by atoms with E-state index >= 15 is 0 Å². The van der Waals surface area contributed by atoms with E-state index in [-0.39, 0.29) is 18.2 Å². The molecule has 0 spiro atoms. The first kappa shape index (κ1) is 21.1. The highest BCUT2D eigenvalue weighted by Crippen LogP contribution is 2.37. The van der Waals surface area contributed by atoms with E-state index in [9.17, 15) is 14.0 Å². The Morgan fingerprint density at radius 1 is 1.19 bits per heavy atom. The molecular weight excluding hydrogens is 401 g/mol. The predicted octanol–water partition coefficient (Wildman–Crippen LogP) is 3.74. The van der Waals surface area contributed by atoms with Crippen LogP contribution in [-0.2, 0) is 28.9 Å². The lowest BCUT2D eigenvalue weighted by Gasteiger charge is -2.31. The number of hydrogen-bond donors (Lipinski definition) is 0. The number of nitrogens with zero attached hydrogens (tertiary/aromatic N) is 1. The van der Waals surface area contributed by atoms with Gasteiger partial charge in [-0.05, 0) is 54.7 Å². The summed E-state index contributed by atoms with van der Waals surface area (Å²) in [5.74, 6) is 0.125. The number of carbonyl (C=O) groups is 1.